The molecular formula is C22H19ClN4. The van der Waals surface area contributed by atoms with Crippen LogP contribution in [0.2, 0.25) is 5.02 Å². The van der Waals surface area contributed by atoms with Crippen molar-refractivity contribution in [1.29, 1.82) is 0 Å². The average Bonchev–Trinajstić information content (AvgIpc) is 2.94. The number of aromatic amines is 1. The van der Waals surface area contributed by atoms with Crippen LogP contribution in [-0.2, 0) is 0 Å². The smallest absolute Gasteiger partial charge is 0.131 e. The van der Waals surface area contributed by atoms with Crippen molar-refractivity contribution in [2.24, 2.45) is 10.1 Å². The number of fused-ring (bicyclic) bond motifs is 1. The summed E-state index contributed by atoms with van der Waals surface area (Å²) in [4.78, 5) is 8.52. The second kappa shape index (κ2) is 6.39. The number of hydrogen-bond donors (Lipinski definition) is 2. The van der Waals surface area contributed by atoms with Gasteiger partial charge in [-0.2, -0.15) is 5.10 Å². The molecule has 1 atom stereocenters. The van der Waals surface area contributed by atoms with Gasteiger partial charge in [-0.15, -0.1) is 0 Å². The van der Waals surface area contributed by atoms with Gasteiger partial charge in [0.15, 0.2) is 0 Å². The first-order valence-electron chi connectivity index (χ1n) is 9.19. The maximum Gasteiger partial charge on any atom is 0.131 e. The minimum Gasteiger partial charge on any atom is -0.346 e. The van der Waals surface area contributed by atoms with Gasteiger partial charge in [0.2, 0.25) is 0 Å². The molecule has 3 aromatic rings. The zero-order valence-corrected chi connectivity index (χ0v) is 15.7. The first-order chi connectivity index (χ1) is 13.2. The van der Waals surface area contributed by atoms with Crippen LogP contribution in [0.5, 0.6) is 0 Å². The lowest BCUT2D eigenvalue weighted by Crippen LogP contribution is -2.27. The van der Waals surface area contributed by atoms with Crippen molar-refractivity contribution >= 4 is 28.7 Å². The SMILES string of the molecule is CCC1=NNc2[nH]cc3c2C(=c2ccccc2=NC3c2cccc(Cl)c2)C1. The van der Waals surface area contributed by atoms with Crippen LogP contribution >= 0.6 is 11.6 Å². The van der Waals surface area contributed by atoms with Gasteiger partial charge in [-0.25, -0.2) is 0 Å². The van der Waals surface area contributed by atoms with Gasteiger partial charge in [0.05, 0.1) is 5.36 Å². The number of rotatable bonds is 2. The number of hydrogen-bond acceptors (Lipinski definition) is 3. The lowest BCUT2D eigenvalue weighted by atomic mass is 9.92. The standard InChI is InChI=1S/C22H19ClN4/c1-2-15-11-17-16-8-3-4-9-19(16)25-21(13-6-5-7-14(23)10-13)18-12-24-22(20(17)18)27-26-15/h3-10,12,21,24,27H,2,11H2,1H3. The summed E-state index contributed by atoms with van der Waals surface area (Å²) in [7, 11) is 0. The number of nitrogens with zero attached hydrogens (tertiary/aromatic N) is 2. The largest absolute Gasteiger partial charge is 0.346 e. The fourth-order valence-corrected chi connectivity index (χ4v) is 4.15. The van der Waals surface area contributed by atoms with Crippen LogP contribution in [0.3, 0.4) is 0 Å². The first kappa shape index (κ1) is 16.3. The molecule has 0 bridgehead atoms. The van der Waals surface area contributed by atoms with E-state index >= 15 is 0 Å². The summed E-state index contributed by atoms with van der Waals surface area (Å²) in [5.74, 6) is 0.933. The Labute approximate surface area is 162 Å². The fourth-order valence-electron chi connectivity index (χ4n) is 3.95. The topological polar surface area (TPSA) is 52.5 Å². The van der Waals surface area contributed by atoms with Gasteiger partial charge in [0, 0.05) is 39.7 Å². The molecule has 2 aliphatic heterocycles. The van der Waals surface area contributed by atoms with E-state index in [1.165, 1.54) is 16.4 Å². The Balaban J connectivity index is 1.85. The number of hydrazone groups is 1. The monoisotopic (exact) mass is 374 g/mol. The predicted octanol–water partition coefficient (Wildman–Crippen LogP) is 4.17. The molecular weight excluding hydrogens is 356 g/mol. The van der Waals surface area contributed by atoms with Crippen molar-refractivity contribution in [3.8, 4) is 0 Å². The number of anilines is 1. The van der Waals surface area contributed by atoms with Crippen LogP contribution in [-0.4, -0.2) is 10.7 Å². The van der Waals surface area contributed by atoms with Crippen LogP contribution in [0.15, 0.2) is 64.8 Å². The van der Waals surface area contributed by atoms with Crippen molar-refractivity contribution in [3.05, 3.63) is 87.0 Å². The van der Waals surface area contributed by atoms with E-state index < -0.39 is 0 Å². The van der Waals surface area contributed by atoms with Crippen LogP contribution in [0.4, 0.5) is 5.82 Å². The molecule has 1 unspecified atom stereocenters. The summed E-state index contributed by atoms with van der Waals surface area (Å²) in [5.41, 5.74) is 9.06. The Morgan fingerprint density at radius 2 is 2.04 bits per heavy atom. The van der Waals surface area contributed by atoms with Crippen molar-refractivity contribution < 1.29 is 0 Å². The van der Waals surface area contributed by atoms with Crippen molar-refractivity contribution in [1.82, 2.24) is 4.98 Å². The molecule has 0 radical (unpaired) electrons. The second-order valence-corrected chi connectivity index (χ2v) is 7.33. The third-order valence-corrected chi connectivity index (χ3v) is 5.52. The zero-order chi connectivity index (χ0) is 18.4. The normalized spacial score (nSPS) is 17.6. The number of benzene rings is 2. The van der Waals surface area contributed by atoms with Crippen LogP contribution in [0, 0.1) is 0 Å². The van der Waals surface area contributed by atoms with Gasteiger partial charge >= 0.3 is 0 Å². The fraction of sp³-hybridized carbons (Fsp3) is 0.182. The number of aromatic nitrogens is 1. The van der Waals surface area contributed by atoms with E-state index in [1.54, 1.807) is 0 Å². The molecule has 5 heteroatoms. The van der Waals surface area contributed by atoms with Gasteiger partial charge in [-0.05, 0) is 35.8 Å². The predicted molar refractivity (Wildman–Crippen MR) is 110 cm³/mol. The molecule has 27 heavy (non-hydrogen) atoms. The number of halogens is 1. The minimum atomic E-state index is -0.118. The van der Waals surface area contributed by atoms with Crippen LogP contribution in [0.1, 0.15) is 42.5 Å². The minimum absolute atomic E-state index is 0.118. The molecule has 4 nitrogen and oxygen atoms in total. The highest BCUT2D eigenvalue weighted by Gasteiger charge is 2.28. The molecule has 1 aromatic heterocycles. The molecule has 2 aliphatic rings. The summed E-state index contributed by atoms with van der Waals surface area (Å²) >= 11 is 6.28. The van der Waals surface area contributed by atoms with Crippen LogP contribution in [0.25, 0.3) is 5.57 Å². The summed E-state index contributed by atoms with van der Waals surface area (Å²) in [6.45, 7) is 2.14. The lowest BCUT2D eigenvalue weighted by Gasteiger charge is -2.14. The third-order valence-electron chi connectivity index (χ3n) is 5.28. The number of H-pyrrole nitrogens is 1. The quantitative estimate of drug-likeness (QED) is 0.695. The Morgan fingerprint density at radius 3 is 2.89 bits per heavy atom. The Bertz CT molecular complexity index is 1190. The van der Waals surface area contributed by atoms with Gasteiger partial charge in [0.25, 0.3) is 0 Å². The molecule has 0 saturated heterocycles. The van der Waals surface area contributed by atoms with Gasteiger partial charge < -0.3 is 4.98 Å². The molecule has 134 valence electrons. The molecule has 0 spiro atoms. The van der Waals surface area contributed by atoms with Gasteiger partial charge in [0.1, 0.15) is 11.9 Å². The third kappa shape index (κ3) is 2.68. The van der Waals surface area contributed by atoms with E-state index in [1.807, 2.05) is 30.5 Å². The number of para-hydroxylation sites is 1. The molecule has 0 fully saturated rings. The summed E-state index contributed by atoms with van der Waals surface area (Å²) in [6, 6.07) is 16.2. The van der Waals surface area contributed by atoms with Crippen molar-refractivity contribution in [2.45, 2.75) is 25.8 Å². The maximum absolute atomic E-state index is 6.28. The highest BCUT2D eigenvalue weighted by molar-refractivity contribution is 6.30. The summed E-state index contributed by atoms with van der Waals surface area (Å²) in [5, 5.41) is 7.51. The highest BCUT2D eigenvalue weighted by Crippen LogP contribution is 2.39. The van der Waals surface area contributed by atoms with Crippen molar-refractivity contribution in [2.75, 3.05) is 5.43 Å². The van der Waals surface area contributed by atoms with E-state index in [0.717, 1.165) is 45.9 Å². The molecule has 2 N–H and O–H groups in total. The summed E-state index contributed by atoms with van der Waals surface area (Å²) < 4.78 is 0. The Morgan fingerprint density at radius 1 is 1.15 bits per heavy atom. The average molecular weight is 375 g/mol. The van der Waals surface area contributed by atoms with Crippen LogP contribution < -0.4 is 16.0 Å². The van der Waals surface area contributed by atoms with E-state index in [2.05, 4.69) is 46.7 Å². The van der Waals surface area contributed by atoms with Crippen molar-refractivity contribution in [3.63, 3.8) is 0 Å². The van der Waals surface area contributed by atoms with Gasteiger partial charge in [-0.3, -0.25) is 10.4 Å². The van der Waals surface area contributed by atoms with E-state index in [0.29, 0.717) is 0 Å². The molecule has 0 amide bonds. The molecule has 5 rings (SSSR count). The molecule has 0 aliphatic carbocycles. The Kier molecular flexibility index (Phi) is 3.87. The zero-order valence-electron chi connectivity index (χ0n) is 15.0. The second-order valence-electron chi connectivity index (χ2n) is 6.90. The Hall–Kier alpha value is -2.85. The first-order valence-corrected chi connectivity index (χ1v) is 9.57. The lowest BCUT2D eigenvalue weighted by molar-refractivity contribution is 0.840. The van der Waals surface area contributed by atoms with E-state index in [4.69, 9.17) is 16.6 Å². The van der Waals surface area contributed by atoms with E-state index in [-0.39, 0.29) is 6.04 Å². The van der Waals surface area contributed by atoms with Gasteiger partial charge in [-0.1, -0.05) is 48.9 Å². The molecule has 3 heterocycles. The maximum atomic E-state index is 6.28. The molecule has 0 saturated carbocycles. The summed E-state index contributed by atoms with van der Waals surface area (Å²) in [6.07, 6.45) is 3.77. The molecule has 2 aromatic carbocycles. The number of nitrogens with one attached hydrogen (secondary N) is 2. The van der Waals surface area contributed by atoms with E-state index in [9.17, 15) is 0 Å². The highest BCUT2D eigenvalue weighted by atomic mass is 35.5.